The average Bonchev–Trinajstić information content (AvgIpc) is 1.95. The van der Waals surface area contributed by atoms with Gasteiger partial charge >= 0.3 is 0 Å². The molecule has 0 unspecified atom stereocenters. The third-order valence-corrected chi connectivity index (χ3v) is 8.05. The van der Waals surface area contributed by atoms with Gasteiger partial charge in [-0.15, -0.1) is 0 Å². The molecule has 0 N–H and O–H groups in total. The zero-order chi connectivity index (χ0) is 13.2. The maximum absolute atomic E-state index is 5.98. The van der Waals surface area contributed by atoms with Gasteiger partial charge in [-0.3, -0.25) is 0 Å². The van der Waals surface area contributed by atoms with E-state index in [0.29, 0.717) is 0 Å². The minimum absolute atomic E-state index is 0.239. The molecule has 0 fully saturated rings. The normalized spacial score (nSPS) is 14.9. The quantitative estimate of drug-likeness (QED) is 0.538. The predicted octanol–water partition coefficient (Wildman–Crippen LogP) is 4.72. The minimum Gasteiger partial charge on any atom is -0.546 e. The summed E-state index contributed by atoms with van der Waals surface area (Å²) in [5, 5.41) is 0.239. The van der Waals surface area contributed by atoms with Crippen LogP contribution in [0.2, 0.25) is 37.8 Å². The largest absolute Gasteiger partial charge is 0.546 e. The van der Waals surface area contributed by atoms with Crippen LogP contribution >= 0.6 is 0 Å². The molecule has 0 saturated heterocycles. The lowest BCUT2D eigenvalue weighted by molar-refractivity contribution is 0.363. The van der Waals surface area contributed by atoms with Gasteiger partial charge in [-0.25, -0.2) is 0 Å². The number of allylic oxidation sites excluding steroid dienone is 1. The lowest BCUT2D eigenvalue weighted by Gasteiger charge is -2.35. The Bertz CT molecular complexity index is 257. The topological polar surface area (TPSA) is 18.5 Å². The van der Waals surface area contributed by atoms with E-state index < -0.39 is 16.6 Å². The van der Waals surface area contributed by atoms with Gasteiger partial charge in [-0.2, -0.15) is 0 Å². The molecular weight excluding hydrogens is 232 g/mol. The van der Waals surface area contributed by atoms with Crippen LogP contribution in [0.5, 0.6) is 0 Å². The number of rotatable bonds is 4. The molecule has 0 aromatic carbocycles. The summed E-state index contributed by atoms with van der Waals surface area (Å²) in [5.41, 5.74) is 0. The van der Waals surface area contributed by atoms with E-state index in [0.717, 1.165) is 5.76 Å². The molecule has 0 aromatic rings. The van der Waals surface area contributed by atoms with Crippen LogP contribution in [0.15, 0.2) is 12.0 Å². The van der Waals surface area contributed by atoms with Crippen molar-refractivity contribution in [2.45, 2.75) is 65.5 Å². The van der Waals surface area contributed by atoms with E-state index in [1.54, 1.807) is 0 Å². The van der Waals surface area contributed by atoms with E-state index in [2.05, 4.69) is 53.5 Å². The van der Waals surface area contributed by atoms with Gasteiger partial charge in [0.25, 0.3) is 0 Å². The fraction of sp³-hybridized carbons (Fsp3) is 0.833. The molecule has 0 radical (unpaired) electrons. The summed E-state index contributed by atoms with van der Waals surface area (Å²) in [7, 11) is -3.18. The van der Waals surface area contributed by atoms with Crippen LogP contribution in [0.1, 0.15) is 27.7 Å². The Morgan fingerprint density at radius 1 is 1.00 bits per heavy atom. The Hall–Kier alpha value is -0.226. The summed E-state index contributed by atoms with van der Waals surface area (Å²) in [6.07, 6.45) is 1.82. The SMILES string of the molecule is CC(=CO[Si](C)(C)C(C)(C)C)O[Si](C)(C)C. The van der Waals surface area contributed by atoms with Crippen molar-refractivity contribution in [1.29, 1.82) is 0 Å². The van der Waals surface area contributed by atoms with Gasteiger partial charge in [0.1, 0.15) is 12.0 Å². The van der Waals surface area contributed by atoms with E-state index in [1.165, 1.54) is 0 Å². The Morgan fingerprint density at radius 2 is 1.44 bits per heavy atom. The highest BCUT2D eigenvalue weighted by Gasteiger charge is 2.38. The first-order valence-corrected chi connectivity index (χ1v) is 12.2. The predicted molar refractivity (Wildman–Crippen MR) is 76.5 cm³/mol. The molecule has 0 amide bonds. The molecule has 0 aliphatic carbocycles. The summed E-state index contributed by atoms with van der Waals surface area (Å²) in [4.78, 5) is 0. The summed E-state index contributed by atoms with van der Waals surface area (Å²) >= 11 is 0. The average molecular weight is 261 g/mol. The van der Waals surface area contributed by atoms with Crippen LogP contribution < -0.4 is 0 Å². The smallest absolute Gasteiger partial charge is 0.249 e. The van der Waals surface area contributed by atoms with Crippen LogP contribution in [-0.2, 0) is 8.85 Å². The number of hydrogen-bond donors (Lipinski definition) is 0. The monoisotopic (exact) mass is 260 g/mol. The van der Waals surface area contributed by atoms with Crippen molar-refractivity contribution < 1.29 is 8.85 Å². The molecular formula is C12H28O2Si2. The molecule has 0 bridgehead atoms. The lowest BCUT2D eigenvalue weighted by Crippen LogP contribution is -2.39. The maximum atomic E-state index is 5.98. The maximum Gasteiger partial charge on any atom is 0.249 e. The van der Waals surface area contributed by atoms with Crippen molar-refractivity contribution in [2.75, 3.05) is 0 Å². The van der Waals surface area contributed by atoms with Crippen LogP contribution in [-0.4, -0.2) is 16.6 Å². The summed E-state index contributed by atoms with van der Waals surface area (Å²) in [6.45, 7) is 19.7. The Labute approximate surface area is 103 Å². The van der Waals surface area contributed by atoms with Crippen LogP contribution in [0.4, 0.5) is 0 Å². The third kappa shape index (κ3) is 5.75. The molecule has 0 atom stereocenters. The van der Waals surface area contributed by atoms with E-state index in [1.807, 2.05) is 13.2 Å². The minimum atomic E-state index is -1.68. The van der Waals surface area contributed by atoms with Crippen molar-refractivity contribution in [3.63, 3.8) is 0 Å². The summed E-state index contributed by atoms with van der Waals surface area (Å²) in [6, 6.07) is 0. The van der Waals surface area contributed by atoms with Crippen molar-refractivity contribution in [3.05, 3.63) is 12.0 Å². The van der Waals surface area contributed by atoms with Crippen molar-refractivity contribution >= 4 is 16.6 Å². The molecule has 96 valence electrons. The van der Waals surface area contributed by atoms with E-state index >= 15 is 0 Å². The van der Waals surface area contributed by atoms with Crippen molar-refractivity contribution in [2.24, 2.45) is 0 Å². The Morgan fingerprint density at radius 3 is 1.75 bits per heavy atom. The first kappa shape index (κ1) is 15.8. The molecule has 0 saturated carbocycles. The van der Waals surface area contributed by atoms with Crippen molar-refractivity contribution in [3.8, 4) is 0 Å². The molecule has 0 aromatic heterocycles. The van der Waals surface area contributed by atoms with Gasteiger partial charge in [-0.05, 0) is 44.7 Å². The fourth-order valence-electron chi connectivity index (χ4n) is 0.914. The van der Waals surface area contributed by atoms with Crippen LogP contribution in [0.3, 0.4) is 0 Å². The van der Waals surface area contributed by atoms with Crippen molar-refractivity contribution in [1.82, 2.24) is 0 Å². The second kappa shape index (κ2) is 4.96. The first-order valence-electron chi connectivity index (χ1n) is 5.89. The molecule has 0 rings (SSSR count). The highest BCUT2D eigenvalue weighted by atomic mass is 28.4. The summed E-state index contributed by atoms with van der Waals surface area (Å²) < 4.78 is 11.8. The molecule has 0 spiro atoms. The molecule has 2 nitrogen and oxygen atoms in total. The highest BCUT2D eigenvalue weighted by molar-refractivity contribution is 6.74. The van der Waals surface area contributed by atoms with Gasteiger partial charge in [-0.1, -0.05) is 20.8 Å². The second-order valence-electron chi connectivity index (χ2n) is 6.82. The standard InChI is InChI=1S/C12H28O2Si2/c1-11(14-15(5,6)7)10-13-16(8,9)12(2,3)4/h10H,1-9H3. The van der Waals surface area contributed by atoms with Gasteiger partial charge in [0.2, 0.25) is 16.6 Å². The van der Waals surface area contributed by atoms with Gasteiger partial charge < -0.3 is 8.85 Å². The Kier molecular flexibility index (Phi) is 4.89. The van der Waals surface area contributed by atoms with Crippen LogP contribution in [0.25, 0.3) is 0 Å². The molecule has 0 aliphatic heterocycles. The van der Waals surface area contributed by atoms with E-state index in [9.17, 15) is 0 Å². The highest BCUT2D eigenvalue weighted by Crippen LogP contribution is 2.36. The zero-order valence-electron chi connectivity index (χ0n) is 12.4. The summed E-state index contributed by atoms with van der Waals surface area (Å²) in [5.74, 6) is 0.906. The van der Waals surface area contributed by atoms with E-state index in [-0.39, 0.29) is 5.04 Å². The van der Waals surface area contributed by atoms with Gasteiger partial charge in [0.05, 0.1) is 0 Å². The number of hydrogen-bond acceptors (Lipinski definition) is 2. The molecule has 4 heteroatoms. The third-order valence-electron chi connectivity index (χ3n) is 2.79. The molecule has 0 heterocycles. The fourth-order valence-corrected chi connectivity index (χ4v) is 2.74. The first-order chi connectivity index (χ1) is 6.85. The Balaban J connectivity index is 4.49. The van der Waals surface area contributed by atoms with E-state index in [4.69, 9.17) is 8.85 Å². The molecule has 16 heavy (non-hydrogen) atoms. The van der Waals surface area contributed by atoms with Gasteiger partial charge in [0, 0.05) is 0 Å². The van der Waals surface area contributed by atoms with Crippen LogP contribution in [0, 0.1) is 0 Å². The lowest BCUT2D eigenvalue weighted by atomic mass is 10.2. The zero-order valence-corrected chi connectivity index (χ0v) is 14.4. The van der Waals surface area contributed by atoms with Gasteiger partial charge in [0.15, 0.2) is 0 Å². The second-order valence-corrected chi connectivity index (χ2v) is 16.0. The molecule has 0 aliphatic rings.